The van der Waals surface area contributed by atoms with E-state index in [4.69, 9.17) is 14.6 Å². The summed E-state index contributed by atoms with van der Waals surface area (Å²) in [4.78, 5) is 8.78. The van der Waals surface area contributed by atoms with E-state index in [2.05, 4.69) is 45.9 Å². The molecule has 0 aromatic heterocycles. The number of carbonyl (C=O) groups is 1. The number of rotatable bonds is 10. The monoisotopic (exact) mass is 391 g/mol. The molecular formula is C20H32F3NO3. The van der Waals surface area contributed by atoms with Crippen molar-refractivity contribution in [1.29, 1.82) is 0 Å². The van der Waals surface area contributed by atoms with Gasteiger partial charge >= 0.3 is 6.18 Å². The summed E-state index contributed by atoms with van der Waals surface area (Å²) in [6, 6.07) is 8.30. The van der Waals surface area contributed by atoms with Crippen LogP contribution in [0.15, 0.2) is 24.3 Å². The Kier molecular flexibility index (Phi) is 11.8. The first-order valence-corrected chi connectivity index (χ1v) is 9.43. The van der Waals surface area contributed by atoms with Crippen LogP contribution in [0.1, 0.15) is 45.6 Å². The van der Waals surface area contributed by atoms with Crippen LogP contribution in [-0.4, -0.2) is 49.4 Å². The second-order valence-corrected chi connectivity index (χ2v) is 6.52. The molecule has 7 heteroatoms. The molecule has 27 heavy (non-hydrogen) atoms. The smallest absolute Gasteiger partial charge is 0.430 e. The van der Waals surface area contributed by atoms with Crippen molar-refractivity contribution in [3.63, 3.8) is 0 Å². The summed E-state index contributed by atoms with van der Waals surface area (Å²) in [5, 5.41) is 8.78. The number of hydrogen-bond acceptors (Lipinski definition) is 3. The minimum atomic E-state index is -5.19. The number of aryl methyl sites for hydroxylation is 1. The molecule has 0 amide bonds. The Morgan fingerprint density at radius 2 is 1.63 bits per heavy atom. The lowest BCUT2D eigenvalue weighted by molar-refractivity contribution is -0.923. The van der Waals surface area contributed by atoms with Crippen molar-refractivity contribution in [2.75, 3.05) is 32.8 Å². The Bertz CT molecular complexity index is 535. The quantitative estimate of drug-likeness (QED) is 0.451. The van der Waals surface area contributed by atoms with Gasteiger partial charge in [-0.25, -0.2) is 0 Å². The van der Waals surface area contributed by atoms with Crippen molar-refractivity contribution in [1.82, 2.24) is 0 Å². The Morgan fingerprint density at radius 1 is 1.07 bits per heavy atom. The van der Waals surface area contributed by atoms with E-state index in [-0.39, 0.29) is 0 Å². The zero-order valence-corrected chi connectivity index (χ0v) is 16.8. The highest BCUT2D eigenvalue weighted by Crippen LogP contribution is 2.14. The molecule has 4 nitrogen and oxygen atoms in total. The van der Waals surface area contributed by atoms with Gasteiger partial charge < -0.3 is 19.1 Å². The summed E-state index contributed by atoms with van der Waals surface area (Å²) in [6.45, 7) is 15.0. The van der Waals surface area contributed by atoms with E-state index in [1.165, 1.54) is 49.1 Å². The molecule has 1 rings (SSSR count). The predicted molar refractivity (Wildman–Crippen MR) is 98.3 cm³/mol. The van der Waals surface area contributed by atoms with Crippen LogP contribution in [0.4, 0.5) is 13.2 Å². The second-order valence-electron chi connectivity index (χ2n) is 6.52. The lowest BCUT2D eigenvalue weighted by atomic mass is 10.2. The molecule has 0 saturated heterocycles. The summed E-state index contributed by atoms with van der Waals surface area (Å²) in [7, 11) is 0. The summed E-state index contributed by atoms with van der Waals surface area (Å²) in [5.74, 6) is -2.00. The first kappa shape index (κ1) is 25.2. The Morgan fingerprint density at radius 3 is 2.07 bits per heavy atom. The fourth-order valence-corrected chi connectivity index (χ4v) is 2.77. The topological polar surface area (TPSA) is 49.4 Å². The fourth-order valence-electron chi connectivity index (χ4n) is 2.77. The van der Waals surface area contributed by atoms with E-state index in [0.717, 1.165) is 18.8 Å². The molecule has 0 unspecified atom stereocenters. The zero-order chi connectivity index (χ0) is 20.9. The summed E-state index contributed by atoms with van der Waals surface area (Å²) >= 11 is 0. The summed E-state index contributed by atoms with van der Waals surface area (Å²) in [5.41, 5.74) is 1.26. The number of carboxylic acids is 1. The Labute approximate surface area is 160 Å². The van der Waals surface area contributed by atoms with Crippen LogP contribution in [0, 0.1) is 6.92 Å². The number of quaternary nitrogens is 1. The zero-order valence-electron chi connectivity index (χ0n) is 16.8. The molecule has 0 aliphatic heterocycles. The number of ether oxygens (including phenoxy) is 1. The molecule has 0 aliphatic rings. The highest BCUT2D eigenvalue weighted by molar-refractivity contribution is 5.70. The molecule has 0 aliphatic carbocycles. The van der Waals surface area contributed by atoms with E-state index in [0.29, 0.717) is 0 Å². The Balaban J connectivity index is 0.000000821. The molecule has 0 saturated carbocycles. The van der Waals surface area contributed by atoms with Gasteiger partial charge in [0.2, 0.25) is 0 Å². The third kappa shape index (κ3) is 10.9. The molecule has 0 heterocycles. The van der Waals surface area contributed by atoms with Crippen LogP contribution in [0.25, 0.3) is 0 Å². The van der Waals surface area contributed by atoms with Crippen molar-refractivity contribution in [2.24, 2.45) is 0 Å². The van der Waals surface area contributed by atoms with Crippen LogP contribution in [0.2, 0.25) is 0 Å². The predicted octanol–water partition coefficient (Wildman–Crippen LogP) is 3.72. The standard InChI is InChI=1S/C18H32NO.C2HF3O2/c1-5-19(6-2,7-3)14-9-8-10-15-20-18-13-11-12-17(4)16-18;3-2(4,5)1(6)7/h11-13,16H,5-10,14-15H2,1-4H3;(H,6,7)/q+1;/p-1. The van der Waals surface area contributed by atoms with Gasteiger partial charge in [-0.15, -0.1) is 0 Å². The molecule has 0 N–H and O–H groups in total. The van der Waals surface area contributed by atoms with Gasteiger partial charge in [-0.2, -0.15) is 13.2 Å². The molecule has 0 bridgehead atoms. The molecule has 1 aromatic rings. The third-order valence-corrected chi connectivity index (χ3v) is 4.78. The maximum Gasteiger partial charge on any atom is 0.430 e. The van der Waals surface area contributed by atoms with E-state index in [9.17, 15) is 13.2 Å². The first-order chi connectivity index (χ1) is 12.6. The number of nitrogens with zero attached hydrogens (tertiary/aromatic N) is 1. The maximum atomic E-state index is 10.5. The minimum absolute atomic E-state index is 0.841. The SMILES string of the molecule is CC[N+](CC)(CC)CCCCCOc1cccc(C)c1.O=C([O-])C(F)(F)F. The minimum Gasteiger partial charge on any atom is -0.542 e. The lowest BCUT2D eigenvalue weighted by Crippen LogP contribution is -2.48. The van der Waals surface area contributed by atoms with Crippen molar-refractivity contribution in [3.05, 3.63) is 29.8 Å². The average Bonchev–Trinajstić information content (AvgIpc) is 2.61. The van der Waals surface area contributed by atoms with E-state index in [1.54, 1.807) is 0 Å². The molecule has 0 spiro atoms. The highest BCUT2D eigenvalue weighted by Gasteiger charge is 2.28. The fraction of sp³-hybridized carbons (Fsp3) is 0.650. The van der Waals surface area contributed by atoms with Gasteiger partial charge in [0.1, 0.15) is 11.7 Å². The van der Waals surface area contributed by atoms with Crippen molar-refractivity contribution in [3.8, 4) is 5.75 Å². The number of benzene rings is 1. The number of alkyl halides is 3. The van der Waals surface area contributed by atoms with E-state index in [1.807, 2.05) is 6.07 Å². The van der Waals surface area contributed by atoms with Crippen molar-refractivity contribution < 1.29 is 32.3 Å². The van der Waals surface area contributed by atoms with Crippen LogP contribution in [-0.2, 0) is 4.79 Å². The average molecular weight is 391 g/mol. The first-order valence-electron chi connectivity index (χ1n) is 9.43. The van der Waals surface area contributed by atoms with E-state index >= 15 is 0 Å². The number of carboxylic acid groups (broad SMARTS) is 1. The number of carbonyl (C=O) groups excluding carboxylic acids is 1. The van der Waals surface area contributed by atoms with Crippen LogP contribution >= 0.6 is 0 Å². The summed E-state index contributed by atoms with van der Waals surface area (Å²) < 4.78 is 38.6. The number of unbranched alkanes of at least 4 members (excludes halogenated alkanes) is 2. The van der Waals surface area contributed by atoms with E-state index < -0.39 is 12.1 Å². The van der Waals surface area contributed by atoms with Gasteiger partial charge in [-0.05, 0) is 64.7 Å². The number of halogens is 3. The normalized spacial score (nSPS) is 11.5. The molecule has 156 valence electrons. The van der Waals surface area contributed by atoms with Crippen molar-refractivity contribution in [2.45, 2.75) is 53.1 Å². The molecule has 0 fully saturated rings. The van der Waals surface area contributed by atoms with Crippen molar-refractivity contribution >= 4 is 5.97 Å². The largest absolute Gasteiger partial charge is 0.542 e. The molecule has 0 radical (unpaired) electrons. The molecule has 1 aromatic carbocycles. The van der Waals surface area contributed by atoms with Gasteiger partial charge in [0.05, 0.1) is 32.8 Å². The third-order valence-electron chi connectivity index (χ3n) is 4.78. The van der Waals surface area contributed by atoms with Gasteiger partial charge in [-0.1, -0.05) is 12.1 Å². The molecular weight excluding hydrogens is 359 g/mol. The highest BCUT2D eigenvalue weighted by atomic mass is 19.4. The van der Waals surface area contributed by atoms with Crippen LogP contribution in [0.3, 0.4) is 0 Å². The van der Waals surface area contributed by atoms with Gasteiger partial charge in [-0.3, -0.25) is 0 Å². The van der Waals surface area contributed by atoms with Gasteiger partial charge in [0.15, 0.2) is 0 Å². The number of aliphatic carboxylic acids is 1. The lowest BCUT2D eigenvalue weighted by Gasteiger charge is -2.35. The van der Waals surface area contributed by atoms with Gasteiger partial charge in [0, 0.05) is 0 Å². The summed E-state index contributed by atoms with van der Waals surface area (Å²) in [6.07, 6.45) is -1.45. The van der Waals surface area contributed by atoms with Gasteiger partial charge in [0.25, 0.3) is 0 Å². The van der Waals surface area contributed by atoms with Crippen LogP contribution in [0.5, 0.6) is 5.75 Å². The molecule has 0 atom stereocenters. The maximum absolute atomic E-state index is 10.5. The van der Waals surface area contributed by atoms with Crippen LogP contribution < -0.4 is 9.84 Å². The number of hydrogen-bond donors (Lipinski definition) is 0. The Hall–Kier alpha value is -1.76. The second kappa shape index (κ2) is 12.6.